The first-order chi connectivity index (χ1) is 15.7. The van der Waals surface area contributed by atoms with Gasteiger partial charge in [-0.1, -0.05) is 0 Å². The van der Waals surface area contributed by atoms with Gasteiger partial charge in [-0.05, 0) is 25.8 Å². The molecule has 2 aliphatic rings. The Bertz CT molecular complexity index is 1160. The number of anilines is 2. The van der Waals surface area contributed by atoms with E-state index in [0.717, 1.165) is 38.1 Å². The first-order valence-electron chi connectivity index (χ1n) is 10.4. The molecular formula is C19H23N7O6S. The van der Waals surface area contributed by atoms with Crippen molar-refractivity contribution in [1.82, 2.24) is 14.3 Å². The summed E-state index contributed by atoms with van der Waals surface area (Å²) < 4.78 is 27.5. The fourth-order valence-electron chi connectivity index (χ4n) is 4.08. The molecular weight excluding hydrogens is 454 g/mol. The Morgan fingerprint density at radius 2 is 1.48 bits per heavy atom. The Labute approximate surface area is 190 Å². The minimum atomic E-state index is -4.16. The predicted molar refractivity (Wildman–Crippen MR) is 119 cm³/mol. The van der Waals surface area contributed by atoms with Gasteiger partial charge in [0, 0.05) is 57.6 Å². The summed E-state index contributed by atoms with van der Waals surface area (Å²) in [4.78, 5) is 33.6. The lowest BCUT2D eigenvalue weighted by atomic mass is 10.1. The maximum Gasteiger partial charge on any atom is 0.280 e. The number of nitrogens with zero attached hydrogens (tertiary/aromatic N) is 7. The van der Waals surface area contributed by atoms with Gasteiger partial charge in [0.1, 0.15) is 11.4 Å². The smallest absolute Gasteiger partial charge is 0.280 e. The number of aromatic nitrogens is 2. The van der Waals surface area contributed by atoms with Crippen LogP contribution in [0.4, 0.5) is 23.1 Å². The van der Waals surface area contributed by atoms with E-state index in [-0.39, 0.29) is 18.7 Å². The number of rotatable bonds is 6. The number of sulfonamides is 1. The summed E-state index contributed by atoms with van der Waals surface area (Å²) in [5.41, 5.74) is -1.39. The largest absolute Gasteiger partial charge is 0.354 e. The Kier molecular flexibility index (Phi) is 6.12. The van der Waals surface area contributed by atoms with Crippen molar-refractivity contribution in [3.63, 3.8) is 0 Å². The van der Waals surface area contributed by atoms with Gasteiger partial charge < -0.3 is 9.80 Å². The van der Waals surface area contributed by atoms with Crippen molar-refractivity contribution in [2.24, 2.45) is 0 Å². The maximum absolute atomic E-state index is 13.1. The molecule has 1 aromatic heterocycles. The summed E-state index contributed by atoms with van der Waals surface area (Å²) in [6, 6.07) is 3.55. The van der Waals surface area contributed by atoms with Crippen molar-refractivity contribution < 1.29 is 18.3 Å². The molecule has 176 valence electrons. The first-order valence-corrected chi connectivity index (χ1v) is 11.9. The third-order valence-corrected chi connectivity index (χ3v) is 7.81. The Morgan fingerprint density at radius 3 is 2.03 bits per heavy atom. The standard InChI is InChI=1S/C19H23N7O6S/c1-14-16(25(27)28)12-15(13-17(14)26(29)30)33(31,32)24-10-8-22(9-11-24)18-4-5-20-19(21-18)23-6-2-3-7-23/h4-5,12-13H,2-3,6-11H2,1H3. The van der Waals surface area contributed by atoms with E-state index in [9.17, 15) is 28.6 Å². The minimum absolute atomic E-state index is 0.112. The highest BCUT2D eigenvalue weighted by Crippen LogP contribution is 2.33. The lowest BCUT2D eigenvalue weighted by Crippen LogP contribution is -2.49. The fraction of sp³-hybridized carbons (Fsp3) is 0.474. The summed E-state index contributed by atoms with van der Waals surface area (Å²) in [7, 11) is -4.16. The van der Waals surface area contributed by atoms with Crippen LogP contribution in [0, 0.1) is 27.2 Å². The van der Waals surface area contributed by atoms with Crippen molar-refractivity contribution in [3.8, 4) is 0 Å². The van der Waals surface area contributed by atoms with Crippen LogP contribution in [0.15, 0.2) is 29.3 Å². The van der Waals surface area contributed by atoms with Crippen LogP contribution in [0.25, 0.3) is 0 Å². The van der Waals surface area contributed by atoms with Crippen molar-refractivity contribution in [2.75, 3.05) is 49.1 Å². The molecule has 3 heterocycles. The average Bonchev–Trinajstić information content (AvgIpc) is 3.34. The Hall–Kier alpha value is -3.39. The van der Waals surface area contributed by atoms with Crippen LogP contribution in [0.1, 0.15) is 18.4 Å². The van der Waals surface area contributed by atoms with Gasteiger partial charge in [-0.25, -0.2) is 13.4 Å². The Morgan fingerprint density at radius 1 is 0.909 bits per heavy atom. The number of benzene rings is 1. The van der Waals surface area contributed by atoms with E-state index in [1.54, 1.807) is 12.3 Å². The molecule has 0 unspecified atom stereocenters. The van der Waals surface area contributed by atoms with Gasteiger partial charge in [-0.15, -0.1) is 0 Å². The van der Waals surface area contributed by atoms with Crippen molar-refractivity contribution >= 4 is 33.2 Å². The fourth-order valence-corrected chi connectivity index (χ4v) is 5.54. The van der Waals surface area contributed by atoms with Gasteiger partial charge in [0.05, 0.1) is 14.7 Å². The van der Waals surface area contributed by atoms with Crippen LogP contribution < -0.4 is 9.80 Å². The molecule has 13 nitrogen and oxygen atoms in total. The lowest BCUT2D eigenvalue weighted by Gasteiger charge is -2.34. The topological polar surface area (TPSA) is 156 Å². The van der Waals surface area contributed by atoms with Crippen LogP contribution in [-0.4, -0.2) is 71.8 Å². The van der Waals surface area contributed by atoms with Gasteiger partial charge in [0.2, 0.25) is 16.0 Å². The summed E-state index contributed by atoms with van der Waals surface area (Å²) in [6.07, 6.45) is 3.88. The van der Waals surface area contributed by atoms with Crippen molar-refractivity contribution in [1.29, 1.82) is 0 Å². The highest BCUT2D eigenvalue weighted by Gasteiger charge is 2.33. The quantitative estimate of drug-likeness (QED) is 0.443. The van der Waals surface area contributed by atoms with Gasteiger partial charge in [-0.2, -0.15) is 9.29 Å². The molecule has 0 atom stereocenters. The second kappa shape index (κ2) is 8.86. The Balaban J connectivity index is 1.54. The molecule has 0 bridgehead atoms. The number of hydrogen-bond donors (Lipinski definition) is 0. The van der Waals surface area contributed by atoms with Crippen molar-refractivity contribution in [3.05, 3.63) is 50.2 Å². The summed E-state index contributed by atoms with van der Waals surface area (Å²) in [6.45, 7) is 3.97. The first kappa shape index (κ1) is 22.8. The maximum atomic E-state index is 13.1. The number of nitro groups is 2. The number of hydrogen-bond acceptors (Lipinski definition) is 10. The minimum Gasteiger partial charge on any atom is -0.354 e. The molecule has 0 aliphatic carbocycles. The van der Waals surface area contributed by atoms with E-state index in [2.05, 4.69) is 14.9 Å². The van der Waals surface area contributed by atoms with Crippen LogP contribution >= 0.6 is 0 Å². The molecule has 1 aromatic carbocycles. The molecule has 2 aromatic rings. The second-order valence-electron chi connectivity index (χ2n) is 7.90. The molecule has 0 N–H and O–H groups in total. The summed E-state index contributed by atoms with van der Waals surface area (Å²) in [5.74, 6) is 1.35. The predicted octanol–water partition coefficient (Wildman–Crippen LogP) is 1.71. The lowest BCUT2D eigenvalue weighted by molar-refractivity contribution is -0.395. The van der Waals surface area contributed by atoms with Gasteiger partial charge in [0.25, 0.3) is 11.4 Å². The highest BCUT2D eigenvalue weighted by atomic mass is 32.2. The highest BCUT2D eigenvalue weighted by molar-refractivity contribution is 7.89. The van der Waals surface area contributed by atoms with E-state index < -0.39 is 36.1 Å². The molecule has 14 heteroatoms. The molecule has 0 radical (unpaired) electrons. The van der Waals surface area contributed by atoms with Gasteiger partial charge >= 0.3 is 0 Å². The van der Waals surface area contributed by atoms with E-state index >= 15 is 0 Å². The van der Waals surface area contributed by atoms with Crippen LogP contribution in [0.2, 0.25) is 0 Å². The van der Waals surface area contributed by atoms with Gasteiger partial charge in [0.15, 0.2) is 0 Å². The molecule has 0 spiro atoms. The van der Waals surface area contributed by atoms with E-state index in [1.807, 2.05) is 4.90 Å². The van der Waals surface area contributed by atoms with Gasteiger partial charge in [-0.3, -0.25) is 20.2 Å². The summed E-state index contributed by atoms with van der Waals surface area (Å²) >= 11 is 0. The van der Waals surface area contributed by atoms with E-state index in [1.165, 1.54) is 11.2 Å². The molecule has 0 amide bonds. The zero-order valence-corrected chi connectivity index (χ0v) is 18.8. The zero-order valence-electron chi connectivity index (χ0n) is 18.0. The third kappa shape index (κ3) is 4.43. The second-order valence-corrected chi connectivity index (χ2v) is 9.84. The van der Waals surface area contributed by atoms with Crippen LogP contribution in [-0.2, 0) is 10.0 Å². The number of piperazine rings is 1. The zero-order chi connectivity index (χ0) is 23.8. The molecule has 2 saturated heterocycles. The normalized spacial score (nSPS) is 17.4. The third-order valence-electron chi connectivity index (χ3n) is 5.94. The average molecular weight is 478 g/mol. The van der Waals surface area contributed by atoms with Crippen LogP contribution in [0.5, 0.6) is 0 Å². The SMILES string of the molecule is Cc1c([N+](=O)[O-])cc(S(=O)(=O)N2CCN(c3ccnc(N4CCCC4)n3)CC2)cc1[N+](=O)[O-]. The molecule has 4 rings (SSSR count). The molecule has 33 heavy (non-hydrogen) atoms. The van der Waals surface area contributed by atoms with Crippen molar-refractivity contribution in [2.45, 2.75) is 24.7 Å². The van der Waals surface area contributed by atoms with E-state index in [0.29, 0.717) is 24.9 Å². The summed E-state index contributed by atoms with van der Waals surface area (Å²) in [5, 5.41) is 22.7. The number of nitro benzene ring substituents is 2. The van der Waals surface area contributed by atoms with E-state index in [4.69, 9.17) is 0 Å². The molecule has 2 fully saturated rings. The van der Waals surface area contributed by atoms with Crippen LogP contribution in [0.3, 0.4) is 0 Å². The molecule has 2 aliphatic heterocycles. The molecule has 0 saturated carbocycles. The monoisotopic (exact) mass is 477 g/mol.